The van der Waals surface area contributed by atoms with Gasteiger partial charge in [0.15, 0.2) is 6.10 Å². The Labute approximate surface area is 70.8 Å². The van der Waals surface area contributed by atoms with Gasteiger partial charge in [-0.1, -0.05) is 0 Å². The van der Waals surface area contributed by atoms with Crippen molar-refractivity contribution in [3.63, 3.8) is 0 Å². The van der Waals surface area contributed by atoms with E-state index in [0.29, 0.717) is 0 Å². The van der Waals surface area contributed by atoms with Crippen molar-refractivity contribution in [2.45, 2.75) is 32.2 Å². The second kappa shape index (κ2) is 3.58. The second-order valence-corrected chi connectivity index (χ2v) is 2.73. The molecule has 3 atom stereocenters. The van der Waals surface area contributed by atoms with Crippen LogP contribution in [0.15, 0.2) is 12.3 Å². The van der Waals surface area contributed by atoms with Crippen LogP contribution in [0.1, 0.15) is 13.8 Å². The number of carbonyl (C=O) groups excluding carboxylic acids is 1. The van der Waals surface area contributed by atoms with Crippen molar-refractivity contribution in [1.29, 1.82) is 0 Å². The van der Waals surface area contributed by atoms with Gasteiger partial charge in [-0.05, 0) is 13.0 Å². The van der Waals surface area contributed by atoms with Crippen molar-refractivity contribution in [3.05, 3.63) is 12.3 Å². The van der Waals surface area contributed by atoms with E-state index in [2.05, 4.69) is 0 Å². The fourth-order valence-electron chi connectivity index (χ4n) is 1.01. The van der Waals surface area contributed by atoms with Gasteiger partial charge in [-0.2, -0.15) is 0 Å². The Kier molecular flexibility index (Phi) is 2.70. The first-order chi connectivity index (χ1) is 5.61. The van der Waals surface area contributed by atoms with E-state index >= 15 is 0 Å². The number of rotatable bonds is 1. The van der Waals surface area contributed by atoms with Gasteiger partial charge < -0.3 is 14.6 Å². The van der Waals surface area contributed by atoms with Gasteiger partial charge in [0, 0.05) is 6.92 Å². The molecule has 0 aromatic rings. The summed E-state index contributed by atoms with van der Waals surface area (Å²) in [5.41, 5.74) is 0. The molecular weight excluding hydrogens is 160 g/mol. The molecule has 0 radical (unpaired) electrons. The molecular formula is C8H12O4. The molecule has 0 bridgehead atoms. The summed E-state index contributed by atoms with van der Waals surface area (Å²) >= 11 is 0. The van der Waals surface area contributed by atoms with Gasteiger partial charge >= 0.3 is 5.97 Å². The summed E-state index contributed by atoms with van der Waals surface area (Å²) in [6, 6.07) is 0. The van der Waals surface area contributed by atoms with E-state index in [4.69, 9.17) is 9.47 Å². The van der Waals surface area contributed by atoms with Crippen LogP contribution in [-0.4, -0.2) is 29.4 Å². The highest BCUT2D eigenvalue weighted by atomic mass is 16.6. The minimum absolute atomic E-state index is 0.334. The standard InChI is InChI=1S/C8H12O4/c1-5-8(10)7(3-4-11-5)12-6(2)9/h3-5,7-8,10H,1-2H3/t5-,7-,8+/m0/s1. The lowest BCUT2D eigenvalue weighted by atomic mass is 10.1. The molecule has 0 aromatic heterocycles. The van der Waals surface area contributed by atoms with Crippen LogP contribution in [0.5, 0.6) is 0 Å². The van der Waals surface area contributed by atoms with Gasteiger partial charge in [0.05, 0.1) is 6.26 Å². The zero-order valence-electron chi connectivity index (χ0n) is 7.06. The molecule has 0 unspecified atom stereocenters. The predicted molar refractivity (Wildman–Crippen MR) is 41.2 cm³/mol. The molecule has 0 fully saturated rings. The number of aliphatic hydroxyl groups is 1. The Bertz CT molecular complexity index is 199. The van der Waals surface area contributed by atoms with Gasteiger partial charge in [-0.15, -0.1) is 0 Å². The lowest BCUT2D eigenvalue weighted by Gasteiger charge is -2.28. The van der Waals surface area contributed by atoms with Crippen LogP contribution in [0.2, 0.25) is 0 Å². The molecule has 1 N–H and O–H groups in total. The van der Waals surface area contributed by atoms with Gasteiger partial charge in [-0.25, -0.2) is 0 Å². The highest BCUT2D eigenvalue weighted by Crippen LogP contribution is 2.14. The Morgan fingerprint density at radius 1 is 1.67 bits per heavy atom. The fraction of sp³-hybridized carbons (Fsp3) is 0.625. The summed E-state index contributed by atoms with van der Waals surface area (Å²) < 4.78 is 9.80. The molecule has 1 aliphatic rings. The number of hydrogen-bond acceptors (Lipinski definition) is 4. The first-order valence-corrected chi connectivity index (χ1v) is 3.78. The van der Waals surface area contributed by atoms with Crippen LogP contribution < -0.4 is 0 Å². The Morgan fingerprint density at radius 2 is 2.33 bits per heavy atom. The molecule has 0 spiro atoms. The Morgan fingerprint density at radius 3 is 2.92 bits per heavy atom. The molecule has 0 aromatic carbocycles. The second-order valence-electron chi connectivity index (χ2n) is 2.73. The third-order valence-electron chi connectivity index (χ3n) is 1.68. The normalized spacial score (nSPS) is 34.1. The smallest absolute Gasteiger partial charge is 0.303 e. The van der Waals surface area contributed by atoms with Crippen LogP contribution in [0, 0.1) is 0 Å². The number of carbonyl (C=O) groups is 1. The van der Waals surface area contributed by atoms with Crippen molar-refractivity contribution in [1.82, 2.24) is 0 Å². The van der Waals surface area contributed by atoms with Crippen LogP contribution in [0.3, 0.4) is 0 Å². The monoisotopic (exact) mass is 172 g/mol. The predicted octanol–water partition coefficient (Wildman–Crippen LogP) is 0.211. The summed E-state index contributed by atoms with van der Waals surface area (Å²) in [5, 5.41) is 9.43. The first-order valence-electron chi connectivity index (χ1n) is 3.78. The van der Waals surface area contributed by atoms with E-state index in [-0.39, 0.29) is 6.10 Å². The van der Waals surface area contributed by atoms with Crippen molar-refractivity contribution in [2.24, 2.45) is 0 Å². The maximum absolute atomic E-state index is 10.6. The van der Waals surface area contributed by atoms with Crippen LogP contribution in [0.4, 0.5) is 0 Å². The summed E-state index contributed by atoms with van der Waals surface area (Å²) in [7, 11) is 0. The van der Waals surface area contributed by atoms with E-state index in [9.17, 15) is 9.90 Å². The van der Waals surface area contributed by atoms with E-state index < -0.39 is 18.2 Å². The number of esters is 1. The maximum Gasteiger partial charge on any atom is 0.303 e. The molecule has 4 heteroatoms. The minimum atomic E-state index is -0.779. The third-order valence-corrected chi connectivity index (χ3v) is 1.68. The molecule has 1 heterocycles. The molecule has 0 aliphatic carbocycles. The zero-order valence-corrected chi connectivity index (χ0v) is 7.06. The highest BCUT2D eigenvalue weighted by molar-refractivity contribution is 5.66. The number of hydrogen-bond donors (Lipinski definition) is 1. The van der Waals surface area contributed by atoms with Crippen molar-refractivity contribution in [2.75, 3.05) is 0 Å². The minimum Gasteiger partial charge on any atom is -0.496 e. The molecule has 68 valence electrons. The molecule has 12 heavy (non-hydrogen) atoms. The maximum atomic E-state index is 10.6. The van der Waals surface area contributed by atoms with Crippen molar-refractivity contribution in [3.8, 4) is 0 Å². The van der Waals surface area contributed by atoms with Crippen LogP contribution >= 0.6 is 0 Å². The first kappa shape index (κ1) is 9.06. The fourth-order valence-corrected chi connectivity index (χ4v) is 1.01. The lowest BCUT2D eigenvalue weighted by Crippen LogP contribution is -2.40. The molecule has 1 rings (SSSR count). The van der Waals surface area contributed by atoms with E-state index in [1.165, 1.54) is 19.3 Å². The summed E-state index contributed by atoms with van der Waals surface area (Å²) in [4.78, 5) is 10.6. The Hall–Kier alpha value is -1.03. The van der Waals surface area contributed by atoms with Gasteiger partial charge in [0.25, 0.3) is 0 Å². The van der Waals surface area contributed by atoms with Crippen LogP contribution in [-0.2, 0) is 14.3 Å². The number of aliphatic hydroxyl groups excluding tert-OH is 1. The summed E-state index contributed by atoms with van der Waals surface area (Å²) in [6.45, 7) is 3.02. The van der Waals surface area contributed by atoms with Crippen LogP contribution in [0.25, 0.3) is 0 Å². The molecule has 0 saturated carbocycles. The quantitative estimate of drug-likeness (QED) is 0.574. The zero-order chi connectivity index (χ0) is 9.14. The van der Waals surface area contributed by atoms with Gasteiger partial charge in [0.1, 0.15) is 12.2 Å². The summed E-state index contributed by atoms with van der Waals surface area (Å²) in [6.07, 6.45) is 1.27. The third kappa shape index (κ3) is 1.98. The van der Waals surface area contributed by atoms with Crippen molar-refractivity contribution < 1.29 is 19.4 Å². The van der Waals surface area contributed by atoms with E-state index in [0.717, 1.165) is 0 Å². The number of ether oxygens (including phenoxy) is 2. The van der Waals surface area contributed by atoms with E-state index in [1.54, 1.807) is 6.92 Å². The lowest BCUT2D eigenvalue weighted by molar-refractivity contribution is -0.154. The average molecular weight is 172 g/mol. The van der Waals surface area contributed by atoms with Gasteiger partial charge in [0.2, 0.25) is 0 Å². The summed E-state index contributed by atoms with van der Waals surface area (Å²) in [5.74, 6) is -0.405. The topological polar surface area (TPSA) is 55.8 Å². The largest absolute Gasteiger partial charge is 0.496 e. The molecule has 1 aliphatic heterocycles. The molecule has 4 nitrogen and oxygen atoms in total. The average Bonchev–Trinajstić information content (AvgIpc) is 1.98. The highest BCUT2D eigenvalue weighted by Gasteiger charge is 2.28. The molecule has 0 amide bonds. The SMILES string of the molecule is CC(=O)O[C@H]1C=CO[C@@H](C)[C@H]1O. The Balaban J connectivity index is 2.57. The molecule has 0 saturated heterocycles. The van der Waals surface area contributed by atoms with E-state index in [1.807, 2.05) is 0 Å². The van der Waals surface area contributed by atoms with Gasteiger partial charge in [-0.3, -0.25) is 4.79 Å². The van der Waals surface area contributed by atoms with Crippen molar-refractivity contribution >= 4 is 5.97 Å².